The third-order valence-corrected chi connectivity index (χ3v) is 6.41. The fourth-order valence-corrected chi connectivity index (χ4v) is 4.54. The van der Waals surface area contributed by atoms with Crippen molar-refractivity contribution >= 4 is 23.3 Å². The number of para-hydroxylation sites is 2. The highest BCUT2D eigenvalue weighted by Crippen LogP contribution is 2.30. The van der Waals surface area contributed by atoms with Crippen LogP contribution in [0.15, 0.2) is 54.6 Å². The minimum absolute atomic E-state index is 0.310. The molecule has 0 spiro atoms. The highest BCUT2D eigenvalue weighted by molar-refractivity contribution is 7.08. The van der Waals surface area contributed by atoms with Gasteiger partial charge in [-0.05, 0) is 61.5 Å². The topological polar surface area (TPSA) is 72.4 Å². The number of imide groups is 1. The number of ether oxygens (including phenoxy) is 1. The van der Waals surface area contributed by atoms with Gasteiger partial charge >= 0.3 is 0 Å². The molecule has 2 amide bonds. The molecule has 1 aliphatic rings. The van der Waals surface area contributed by atoms with Crippen molar-refractivity contribution in [1.82, 2.24) is 14.5 Å². The molecule has 0 N–H and O–H groups in total. The normalized spacial score (nSPS) is 14.2. The van der Waals surface area contributed by atoms with Crippen molar-refractivity contribution in [2.45, 2.75) is 39.0 Å². The molecule has 1 aromatic heterocycles. The highest BCUT2D eigenvalue weighted by atomic mass is 32.1. The summed E-state index contributed by atoms with van der Waals surface area (Å²) in [5.41, 5.74) is 0.913. The Morgan fingerprint density at radius 3 is 2.42 bits per heavy atom. The first-order chi connectivity index (χ1) is 15.1. The lowest BCUT2D eigenvalue weighted by atomic mass is 9.88. The Labute approximate surface area is 186 Å². The summed E-state index contributed by atoms with van der Waals surface area (Å²) in [6, 6.07) is 16.4. The van der Waals surface area contributed by atoms with E-state index < -0.39 is 0 Å². The Bertz CT molecular complexity index is 1040. The molecule has 2 aromatic carbocycles. The van der Waals surface area contributed by atoms with Gasteiger partial charge in [-0.1, -0.05) is 54.1 Å². The summed E-state index contributed by atoms with van der Waals surface area (Å²) in [5.74, 6) is 0.687. The number of hydrogen-bond donors (Lipinski definition) is 0. The molecule has 1 fully saturated rings. The lowest BCUT2D eigenvalue weighted by Crippen LogP contribution is -2.41. The molecular weight excluding hydrogens is 410 g/mol. The zero-order valence-electron chi connectivity index (χ0n) is 17.5. The summed E-state index contributed by atoms with van der Waals surface area (Å²) < 4.78 is 9.87. The fourth-order valence-electron chi connectivity index (χ4n) is 3.93. The van der Waals surface area contributed by atoms with Gasteiger partial charge in [0.25, 0.3) is 11.8 Å². The van der Waals surface area contributed by atoms with Gasteiger partial charge in [0.2, 0.25) is 0 Å². The Morgan fingerprint density at radius 2 is 1.71 bits per heavy atom. The van der Waals surface area contributed by atoms with Crippen LogP contribution in [-0.4, -0.2) is 32.8 Å². The maximum atomic E-state index is 13.7. The molecule has 1 aliphatic carbocycles. The predicted molar refractivity (Wildman–Crippen MR) is 120 cm³/mol. The average Bonchev–Trinajstić information content (AvgIpc) is 3.24. The quantitative estimate of drug-likeness (QED) is 0.478. The Balaban J connectivity index is 1.65. The predicted octanol–water partition coefficient (Wildman–Crippen LogP) is 5.50. The summed E-state index contributed by atoms with van der Waals surface area (Å²) in [6.45, 7) is 2.14. The Kier molecular flexibility index (Phi) is 6.72. The molecular formula is C24H25N3O3S. The molecule has 0 radical (unpaired) electrons. The van der Waals surface area contributed by atoms with E-state index in [0.29, 0.717) is 40.1 Å². The summed E-state index contributed by atoms with van der Waals surface area (Å²) >= 11 is 1.03. The minimum atomic E-state index is -0.352. The second-order valence-corrected chi connectivity index (χ2v) is 8.58. The van der Waals surface area contributed by atoms with Gasteiger partial charge in [0.05, 0.1) is 11.3 Å². The molecule has 0 atom stereocenters. The highest BCUT2D eigenvalue weighted by Gasteiger charge is 2.31. The van der Waals surface area contributed by atoms with Crippen molar-refractivity contribution in [2.75, 3.05) is 6.54 Å². The van der Waals surface area contributed by atoms with Crippen LogP contribution in [0, 0.1) is 12.8 Å². The van der Waals surface area contributed by atoms with Crippen molar-refractivity contribution in [3.63, 3.8) is 0 Å². The molecule has 0 saturated heterocycles. The number of carbonyl (C=O) groups is 2. The second kappa shape index (κ2) is 9.83. The first-order valence-corrected chi connectivity index (χ1v) is 11.4. The van der Waals surface area contributed by atoms with Gasteiger partial charge in [-0.2, -0.15) is 0 Å². The van der Waals surface area contributed by atoms with Gasteiger partial charge in [-0.3, -0.25) is 14.5 Å². The van der Waals surface area contributed by atoms with Crippen LogP contribution in [0.25, 0.3) is 0 Å². The van der Waals surface area contributed by atoms with Crippen LogP contribution in [-0.2, 0) is 0 Å². The monoisotopic (exact) mass is 435 g/mol. The van der Waals surface area contributed by atoms with Gasteiger partial charge in [-0.25, -0.2) is 0 Å². The number of rotatable bonds is 6. The van der Waals surface area contributed by atoms with Crippen molar-refractivity contribution in [2.24, 2.45) is 5.92 Å². The smallest absolute Gasteiger partial charge is 0.274 e. The summed E-state index contributed by atoms with van der Waals surface area (Å²) in [4.78, 5) is 28.8. The van der Waals surface area contributed by atoms with Crippen molar-refractivity contribution in [3.05, 3.63) is 70.7 Å². The Hall–Kier alpha value is -3.06. The van der Waals surface area contributed by atoms with E-state index in [1.165, 1.54) is 11.3 Å². The third-order valence-electron chi connectivity index (χ3n) is 5.59. The number of carbonyl (C=O) groups excluding carboxylic acids is 2. The van der Waals surface area contributed by atoms with Gasteiger partial charge in [0, 0.05) is 6.54 Å². The molecule has 1 heterocycles. The van der Waals surface area contributed by atoms with E-state index in [4.69, 9.17) is 4.74 Å². The van der Waals surface area contributed by atoms with Gasteiger partial charge in [0.1, 0.15) is 16.4 Å². The third kappa shape index (κ3) is 4.99. The fraction of sp³-hybridized carbons (Fsp3) is 0.333. The second-order valence-electron chi connectivity index (χ2n) is 7.82. The van der Waals surface area contributed by atoms with E-state index in [-0.39, 0.29) is 11.8 Å². The van der Waals surface area contributed by atoms with Gasteiger partial charge < -0.3 is 4.74 Å². The van der Waals surface area contributed by atoms with Crippen LogP contribution < -0.4 is 4.74 Å². The van der Waals surface area contributed by atoms with Crippen molar-refractivity contribution in [3.8, 4) is 11.5 Å². The number of benzene rings is 2. The van der Waals surface area contributed by atoms with Crippen LogP contribution in [0.2, 0.25) is 0 Å². The van der Waals surface area contributed by atoms with Gasteiger partial charge in [0.15, 0.2) is 0 Å². The minimum Gasteiger partial charge on any atom is -0.457 e. The van der Waals surface area contributed by atoms with Crippen LogP contribution >= 0.6 is 11.5 Å². The molecule has 7 heteroatoms. The number of aromatic nitrogens is 2. The van der Waals surface area contributed by atoms with E-state index in [9.17, 15) is 9.59 Å². The van der Waals surface area contributed by atoms with Crippen molar-refractivity contribution < 1.29 is 14.3 Å². The van der Waals surface area contributed by atoms with Crippen LogP contribution in [0.1, 0.15) is 57.8 Å². The molecule has 3 aromatic rings. The number of nitrogens with zero attached hydrogens (tertiary/aromatic N) is 3. The van der Waals surface area contributed by atoms with E-state index in [1.54, 1.807) is 25.1 Å². The van der Waals surface area contributed by atoms with E-state index in [0.717, 1.165) is 37.2 Å². The zero-order valence-corrected chi connectivity index (χ0v) is 18.3. The average molecular weight is 436 g/mol. The molecule has 0 bridgehead atoms. The van der Waals surface area contributed by atoms with Gasteiger partial charge in [-0.15, -0.1) is 5.10 Å². The van der Waals surface area contributed by atoms with E-state index in [2.05, 4.69) is 9.59 Å². The number of hydrogen-bond acceptors (Lipinski definition) is 6. The number of aryl methyl sites for hydroxylation is 1. The molecule has 160 valence electrons. The largest absolute Gasteiger partial charge is 0.457 e. The number of amides is 2. The molecule has 0 unspecified atom stereocenters. The lowest BCUT2D eigenvalue weighted by molar-refractivity contribution is 0.0579. The van der Waals surface area contributed by atoms with Crippen molar-refractivity contribution in [1.29, 1.82) is 0 Å². The van der Waals surface area contributed by atoms with E-state index in [1.807, 2.05) is 36.4 Å². The molecule has 4 rings (SSSR count). The summed E-state index contributed by atoms with van der Waals surface area (Å²) in [5, 5.41) is 3.96. The maximum Gasteiger partial charge on any atom is 0.274 e. The zero-order chi connectivity index (χ0) is 21.6. The first-order valence-electron chi connectivity index (χ1n) is 10.6. The lowest BCUT2D eigenvalue weighted by Gasteiger charge is -2.28. The Morgan fingerprint density at radius 1 is 1.00 bits per heavy atom. The molecule has 1 saturated carbocycles. The molecule has 0 aliphatic heterocycles. The summed E-state index contributed by atoms with van der Waals surface area (Å²) in [7, 11) is 0. The maximum absolute atomic E-state index is 13.7. The van der Waals surface area contributed by atoms with Crippen LogP contribution in [0.3, 0.4) is 0 Å². The summed E-state index contributed by atoms with van der Waals surface area (Å²) in [6.07, 6.45) is 5.54. The first kappa shape index (κ1) is 21.2. The SMILES string of the molecule is Cc1nnsc1C(=O)N(CC1CCCCC1)C(=O)c1ccccc1Oc1ccccc1. The van der Waals surface area contributed by atoms with E-state index >= 15 is 0 Å². The van der Waals surface area contributed by atoms with Crippen LogP contribution in [0.5, 0.6) is 11.5 Å². The molecule has 31 heavy (non-hydrogen) atoms. The standard InChI is InChI=1S/C24H25N3O3S/c1-17-22(31-26-25-17)24(29)27(16-18-10-4-2-5-11-18)23(28)20-14-8-9-15-21(20)30-19-12-6-3-7-13-19/h3,6-9,12-15,18H,2,4-5,10-11,16H2,1H3. The molecule has 6 nitrogen and oxygen atoms in total. The van der Waals surface area contributed by atoms with Crippen LogP contribution in [0.4, 0.5) is 0 Å².